The number of nitrogens with one attached hydrogen (secondary N) is 1. The summed E-state index contributed by atoms with van der Waals surface area (Å²) in [6.45, 7) is 9.71. The fourth-order valence-electron chi connectivity index (χ4n) is 5.88. The highest BCUT2D eigenvalue weighted by atomic mass is 19.3. The number of hydrogen-bond donors (Lipinski definition) is 1. The lowest BCUT2D eigenvalue weighted by molar-refractivity contribution is -0.179. The summed E-state index contributed by atoms with van der Waals surface area (Å²) in [6.07, 6.45) is 3.91. The highest BCUT2D eigenvalue weighted by Gasteiger charge is 2.34. The average molecular weight is 555 g/mol. The molecule has 10 heteroatoms. The Hall–Kier alpha value is -3.24. The summed E-state index contributed by atoms with van der Waals surface area (Å²) < 4.78 is 33.2. The molecule has 0 bridgehead atoms. The van der Waals surface area contributed by atoms with E-state index < -0.39 is 12.7 Å². The Bertz CT molecular complexity index is 1290. The minimum absolute atomic E-state index is 0.0137. The van der Waals surface area contributed by atoms with Crippen LogP contribution in [0.3, 0.4) is 0 Å². The molecule has 2 amide bonds. The van der Waals surface area contributed by atoms with Crippen LogP contribution < -0.4 is 10.2 Å². The van der Waals surface area contributed by atoms with E-state index in [4.69, 9.17) is 4.74 Å². The van der Waals surface area contributed by atoms with E-state index in [1.807, 2.05) is 47.7 Å². The quantitative estimate of drug-likeness (QED) is 0.443. The summed E-state index contributed by atoms with van der Waals surface area (Å²) in [7, 11) is 0. The maximum atomic E-state index is 13.2. The van der Waals surface area contributed by atoms with E-state index in [2.05, 4.69) is 52.3 Å². The predicted octanol–water partition coefficient (Wildman–Crippen LogP) is 5.05. The van der Waals surface area contributed by atoms with Gasteiger partial charge in [0.15, 0.2) is 0 Å². The lowest BCUT2D eigenvalue weighted by atomic mass is 9.86. The van der Waals surface area contributed by atoms with Crippen LogP contribution in [0.15, 0.2) is 48.8 Å². The van der Waals surface area contributed by atoms with Crippen LogP contribution in [0.4, 0.5) is 19.3 Å². The molecular formula is C30H40F2N6O2. The van der Waals surface area contributed by atoms with Gasteiger partial charge in [-0.1, -0.05) is 24.3 Å². The molecule has 3 aromatic rings. The third kappa shape index (κ3) is 6.23. The molecule has 0 saturated carbocycles. The van der Waals surface area contributed by atoms with Crippen LogP contribution >= 0.6 is 0 Å². The second kappa shape index (κ2) is 12.1. The Kier molecular flexibility index (Phi) is 8.56. The summed E-state index contributed by atoms with van der Waals surface area (Å²) in [4.78, 5) is 18.9. The lowest BCUT2D eigenvalue weighted by Crippen LogP contribution is -2.53. The number of alkyl halides is 2. The Labute approximate surface area is 234 Å². The van der Waals surface area contributed by atoms with Crippen molar-refractivity contribution in [2.75, 3.05) is 44.2 Å². The number of rotatable bonds is 7. The molecule has 0 aliphatic carbocycles. The fraction of sp³-hybridized carbons (Fsp3) is 0.533. The van der Waals surface area contributed by atoms with Gasteiger partial charge in [0.05, 0.1) is 17.3 Å². The first-order chi connectivity index (χ1) is 19.2. The third-order valence-electron chi connectivity index (χ3n) is 8.07. The number of ether oxygens (including phenoxy) is 1. The van der Waals surface area contributed by atoms with Gasteiger partial charge < -0.3 is 24.8 Å². The first kappa shape index (κ1) is 28.3. The minimum atomic E-state index is -2.77. The van der Waals surface area contributed by atoms with E-state index >= 15 is 0 Å². The van der Waals surface area contributed by atoms with Crippen LogP contribution in [-0.2, 0) is 4.74 Å². The number of halogens is 2. The second-order valence-electron chi connectivity index (χ2n) is 11.4. The number of anilines is 1. The van der Waals surface area contributed by atoms with Gasteiger partial charge in [0.1, 0.15) is 0 Å². The third-order valence-corrected chi connectivity index (χ3v) is 8.07. The summed E-state index contributed by atoms with van der Waals surface area (Å²) in [5.74, 6) is -0.109. The van der Waals surface area contributed by atoms with Crippen molar-refractivity contribution in [1.82, 2.24) is 24.7 Å². The molecule has 5 rings (SSSR count). The first-order valence-electron chi connectivity index (χ1n) is 14.3. The number of piperazine rings is 1. The molecule has 216 valence electrons. The van der Waals surface area contributed by atoms with Gasteiger partial charge in [-0.15, -0.1) is 0 Å². The fourth-order valence-corrected chi connectivity index (χ4v) is 5.88. The molecule has 2 fully saturated rings. The highest BCUT2D eigenvalue weighted by Crippen LogP contribution is 2.34. The number of amides is 2. The van der Waals surface area contributed by atoms with Crippen LogP contribution in [0.1, 0.15) is 45.6 Å². The molecule has 1 N–H and O–H groups in total. The van der Waals surface area contributed by atoms with Gasteiger partial charge in [0.2, 0.25) is 0 Å². The molecule has 0 unspecified atom stereocenters. The molecule has 4 heterocycles. The molecule has 8 nitrogen and oxygen atoms in total. The standard InChI is InChI=1S/C30H40F2N6O2/c1-20(2)34-30(39)36-15-13-35(14-16-36)26-9-11-33-38-18-24(17-27(26)38)22-5-7-23(8-6-22)25-19-37(21(3)4)12-10-28(25)40-29(31)32/h5-9,11,17-18,20-21,25,28-29H,10,12-16,19H2,1-4H3,(H,34,39)/t25-,28+/m1/s1. The molecule has 2 aliphatic rings. The molecule has 2 saturated heterocycles. The topological polar surface area (TPSA) is 65.4 Å². The first-order valence-corrected chi connectivity index (χ1v) is 14.3. The zero-order valence-electron chi connectivity index (χ0n) is 23.8. The van der Waals surface area contributed by atoms with Crippen molar-refractivity contribution in [3.8, 4) is 11.1 Å². The van der Waals surface area contributed by atoms with Gasteiger partial charge in [-0.2, -0.15) is 13.9 Å². The highest BCUT2D eigenvalue weighted by molar-refractivity contribution is 5.80. The molecule has 40 heavy (non-hydrogen) atoms. The molecule has 1 aromatic carbocycles. The summed E-state index contributed by atoms with van der Waals surface area (Å²) in [5.41, 5.74) is 5.19. The van der Waals surface area contributed by atoms with E-state index in [-0.39, 0.29) is 18.0 Å². The van der Waals surface area contributed by atoms with Crippen molar-refractivity contribution in [3.63, 3.8) is 0 Å². The number of carbonyl (C=O) groups is 1. The Morgan fingerprint density at radius 1 is 1.00 bits per heavy atom. The van der Waals surface area contributed by atoms with Gasteiger partial charge in [-0.05, 0) is 57.4 Å². The minimum Gasteiger partial charge on any atom is -0.366 e. The van der Waals surface area contributed by atoms with Gasteiger partial charge in [-0.3, -0.25) is 0 Å². The van der Waals surface area contributed by atoms with E-state index in [9.17, 15) is 13.6 Å². The number of benzene rings is 1. The van der Waals surface area contributed by atoms with Crippen molar-refractivity contribution in [2.24, 2.45) is 0 Å². The van der Waals surface area contributed by atoms with Crippen LogP contribution in [0.25, 0.3) is 16.6 Å². The van der Waals surface area contributed by atoms with E-state index in [1.165, 1.54) is 0 Å². The maximum Gasteiger partial charge on any atom is 0.345 e. The monoisotopic (exact) mass is 554 g/mol. The molecule has 0 radical (unpaired) electrons. The molecule has 0 spiro atoms. The predicted molar refractivity (Wildman–Crippen MR) is 153 cm³/mol. The van der Waals surface area contributed by atoms with Crippen molar-refractivity contribution in [1.29, 1.82) is 0 Å². The largest absolute Gasteiger partial charge is 0.366 e. The average Bonchev–Trinajstić information content (AvgIpc) is 3.37. The maximum absolute atomic E-state index is 13.2. The van der Waals surface area contributed by atoms with Crippen molar-refractivity contribution in [2.45, 2.75) is 64.8 Å². The van der Waals surface area contributed by atoms with Gasteiger partial charge in [-0.25, -0.2) is 9.31 Å². The van der Waals surface area contributed by atoms with Crippen LogP contribution in [0, 0.1) is 0 Å². The van der Waals surface area contributed by atoms with Gasteiger partial charge in [0.25, 0.3) is 0 Å². The number of piperidine rings is 1. The number of likely N-dealkylation sites (tertiary alicyclic amines) is 1. The molecule has 2 aromatic heterocycles. The Morgan fingerprint density at radius 3 is 2.38 bits per heavy atom. The van der Waals surface area contributed by atoms with Crippen LogP contribution in [0.5, 0.6) is 0 Å². The number of fused-ring (bicyclic) bond motifs is 1. The van der Waals surface area contributed by atoms with E-state index in [0.717, 1.165) is 47.5 Å². The Morgan fingerprint density at radius 2 is 1.73 bits per heavy atom. The SMILES string of the molecule is CC(C)NC(=O)N1CCN(c2ccnn3cc(-c4ccc([C@H]5CN(C(C)C)CC[C@@H]5OC(F)F)cc4)cc23)CC1. The van der Waals surface area contributed by atoms with Crippen LogP contribution in [0.2, 0.25) is 0 Å². The lowest BCUT2D eigenvalue weighted by Gasteiger charge is -2.40. The van der Waals surface area contributed by atoms with E-state index in [0.29, 0.717) is 32.1 Å². The van der Waals surface area contributed by atoms with E-state index in [1.54, 1.807) is 6.20 Å². The second-order valence-corrected chi connectivity index (χ2v) is 11.4. The number of hydrogen-bond acceptors (Lipinski definition) is 5. The van der Waals surface area contributed by atoms with Crippen molar-refractivity contribution < 1.29 is 18.3 Å². The number of aromatic nitrogens is 2. The molecular weight excluding hydrogens is 514 g/mol. The van der Waals surface area contributed by atoms with Crippen LogP contribution in [-0.4, -0.2) is 89.5 Å². The zero-order valence-corrected chi connectivity index (χ0v) is 23.8. The molecule has 2 aliphatic heterocycles. The zero-order chi connectivity index (χ0) is 28.4. The molecule has 2 atom stereocenters. The number of urea groups is 1. The van der Waals surface area contributed by atoms with Crippen molar-refractivity contribution >= 4 is 17.2 Å². The number of carbonyl (C=O) groups excluding carboxylic acids is 1. The van der Waals surface area contributed by atoms with Gasteiger partial charge in [0, 0.05) is 75.2 Å². The smallest absolute Gasteiger partial charge is 0.345 e. The summed E-state index contributed by atoms with van der Waals surface area (Å²) >= 11 is 0. The van der Waals surface area contributed by atoms with Gasteiger partial charge >= 0.3 is 12.6 Å². The summed E-state index contributed by atoms with van der Waals surface area (Å²) in [5, 5.41) is 7.51. The summed E-state index contributed by atoms with van der Waals surface area (Å²) in [6, 6.07) is 12.8. The Balaban J connectivity index is 1.33. The number of nitrogens with zero attached hydrogens (tertiary/aromatic N) is 5. The van der Waals surface area contributed by atoms with Crippen molar-refractivity contribution in [3.05, 3.63) is 54.4 Å². The normalized spacial score (nSPS) is 20.7.